The summed E-state index contributed by atoms with van der Waals surface area (Å²) in [5.74, 6) is -6.69. The molecular formula is C50H64N4O23S. The number of hydrogen-bond acceptors (Lipinski definition) is 23. The third-order valence-corrected chi connectivity index (χ3v) is 13.9. The number of hydrogen-bond donors (Lipinski definition) is 16. The molecule has 0 aromatic heterocycles. The smallest absolute Gasteiger partial charge is 0.364 e. The quantitative estimate of drug-likeness (QED) is 0.0221. The number of aliphatic hydroxyl groups excluding tert-OH is 9. The largest absolute Gasteiger partial charge is 0.508 e. The van der Waals surface area contributed by atoms with Crippen LogP contribution in [0.4, 0.5) is 5.69 Å². The van der Waals surface area contributed by atoms with Crippen molar-refractivity contribution in [1.82, 2.24) is 10.6 Å². The van der Waals surface area contributed by atoms with Crippen LogP contribution in [0.15, 0.2) is 63.8 Å². The molecule has 7 rings (SSSR count). The van der Waals surface area contributed by atoms with Gasteiger partial charge < -0.3 is 116 Å². The molecule has 4 aliphatic heterocycles. The number of nitrogens with two attached hydrogens (primary N) is 1. The van der Waals surface area contributed by atoms with Gasteiger partial charge in [-0.2, -0.15) is 0 Å². The Morgan fingerprint density at radius 1 is 0.859 bits per heavy atom. The molecule has 4 heterocycles. The van der Waals surface area contributed by atoms with Gasteiger partial charge in [-0.3, -0.25) is 9.59 Å². The fraction of sp³-hybridized carbons (Fsp3) is 0.540. The molecule has 0 bridgehead atoms. The van der Waals surface area contributed by atoms with Crippen LogP contribution in [-0.2, 0) is 38.0 Å². The van der Waals surface area contributed by atoms with Crippen LogP contribution in [0.5, 0.6) is 5.75 Å². The number of aliphatic hydroxyl groups is 9. The Balaban J connectivity index is 0.920. The summed E-state index contributed by atoms with van der Waals surface area (Å²) in [6, 6.07) is 10.4. The lowest BCUT2D eigenvalue weighted by Gasteiger charge is -2.50. The summed E-state index contributed by atoms with van der Waals surface area (Å²) >= 11 is 5.49. The van der Waals surface area contributed by atoms with Crippen LogP contribution in [-0.4, -0.2) is 215 Å². The first-order valence-corrected chi connectivity index (χ1v) is 25.3. The predicted octanol–water partition coefficient (Wildman–Crippen LogP) is -2.40. The van der Waals surface area contributed by atoms with Gasteiger partial charge in [0.1, 0.15) is 84.2 Å². The molecule has 16 atom stereocenters. The molecule has 1 aliphatic carbocycles. The third kappa shape index (κ3) is 13.3. The number of benzene rings is 3. The Kier molecular flexibility index (Phi) is 20.1. The predicted molar refractivity (Wildman–Crippen MR) is 272 cm³/mol. The van der Waals surface area contributed by atoms with E-state index in [1.54, 1.807) is 24.3 Å². The van der Waals surface area contributed by atoms with Gasteiger partial charge in [0, 0.05) is 60.8 Å². The number of amides is 1. The van der Waals surface area contributed by atoms with Crippen molar-refractivity contribution in [3.8, 4) is 28.2 Å². The summed E-state index contributed by atoms with van der Waals surface area (Å²) in [6.45, 7) is -1.22. The fourth-order valence-corrected chi connectivity index (χ4v) is 9.85. The number of unbranched alkanes of at least 4 members (excludes halogenated alkanes) is 3. The van der Waals surface area contributed by atoms with Crippen LogP contribution in [0.25, 0.3) is 33.4 Å². The number of carboxylic acid groups (broad SMARTS) is 2. The maximum absolute atomic E-state index is 12.8. The molecule has 0 spiro atoms. The van der Waals surface area contributed by atoms with Crippen molar-refractivity contribution in [3.05, 3.63) is 70.4 Å². The van der Waals surface area contributed by atoms with Crippen LogP contribution in [0.2, 0.25) is 0 Å². The molecule has 1 amide bonds. The zero-order chi connectivity index (χ0) is 56.7. The molecule has 3 saturated heterocycles. The normalized spacial score (nSPS) is 30.1. The number of nitrogens with one attached hydrogen (secondary N) is 3. The van der Waals surface area contributed by atoms with E-state index in [0.29, 0.717) is 60.0 Å². The molecular weight excluding hydrogens is 1060 g/mol. The Labute approximate surface area is 449 Å². The van der Waals surface area contributed by atoms with Crippen LogP contribution >= 0.6 is 12.2 Å². The number of aromatic carboxylic acids is 1. The maximum Gasteiger partial charge on any atom is 0.364 e. The van der Waals surface area contributed by atoms with Gasteiger partial charge in [0.05, 0.1) is 37.5 Å². The molecule has 27 nitrogen and oxygen atoms in total. The highest BCUT2D eigenvalue weighted by atomic mass is 32.1. The molecule has 0 saturated carbocycles. The molecule has 2 aromatic rings. The zero-order valence-corrected chi connectivity index (χ0v) is 42.6. The average molecular weight is 1120 g/mol. The second-order valence-corrected chi connectivity index (χ2v) is 19.5. The van der Waals surface area contributed by atoms with Crippen LogP contribution in [0.1, 0.15) is 49.4 Å². The number of carbonyl (C=O) groups excluding carboxylic acids is 1. The summed E-state index contributed by atoms with van der Waals surface area (Å²) in [6.07, 6.45) is -22.5. The SMILES string of the molecule is CC(=O)N[C@H]1[C@H](OCCCCCCNC(=S)Nc2ccc(-c3c4ccc(=O)cc-4oc4cc(O)ccc34)c(C(=O)O)c2)O[C@H](CO)[C@@H](O[C@@H]2O[C@H](CO)[C@H](O)[C@H](O[C@]3(C(=O)O)C[C@H](O)[C@@H](N)[C@H]([C@H](O)[C@H](O)CO)O3)[C@H]2O)[C@@H]1O. The summed E-state index contributed by atoms with van der Waals surface area (Å²) in [4.78, 5) is 50.0. The Morgan fingerprint density at radius 3 is 2.24 bits per heavy atom. The number of ether oxygens (including phenoxy) is 6. The number of phenolic OH excluding ortho intramolecular Hbond substituents is 1. The fourth-order valence-electron chi connectivity index (χ4n) is 9.63. The van der Waals surface area contributed by atoms with Gasteiger partial charge >= 0.3 is 11.9 Å². The molecule has 3 fully saturated rings. The van der Waals surface area contributed by atoms with Crippen LogP contribution < -0.4 is 27.1 Å². The minimum Gasteiger partial charge on any atom is -0.508 e. The second-order valence-electron chi connectivity index (χ2n) is 19.1. The molecule has 28 heteroatoms. The van der Waals surface area contributed by atoms with Gasteiger partial charge in [-0.05, 0) is 67.0 Å². The van der Waals surface area contributed by atoms with E-state index in [9.17, 15) is 80.5 Å². The number of fused-ring (bicyclic) bond motifs is 2. The van der Waals surface area contributed by atoms with Crippen molar-refractivity contribution in [2.24, 2.45) is 5.73 Å². The summed E-state index contributed by atoms with van der Waals surface area (Å²) < 4.78 is 40.5. The van der Waals surface area contributed by atoms with Gasteiger partial charge in [-0.15, -0.1) is 0 Å². The number of rotatable bonds is 22. The third-order valence-electron chi connectivity index (χ3n) is 13.6. The van der Waals surface area contributed by atoms with Gasteiger partial charge in [0.25, 0.3) is 5.79 Å². The first kappa shape index (κ1) is 60.0. The van der Waals surface area contributed by atoms with Crippen molar-refractivity contribution in [2.45, 2.75) is 137 Å². The topological polar surface area (TPSA) is 442 Å². The Hall–Kier alpha value is -5.61. The summed E-state index contributed by atoms with van der Waals surface area (Å²) in [5.41, 5.74) is 7.50. The zero-order valence-electron chi connectivity index (χ0n) is 41.8. The molecule has 0 radical (unpaired) electrons. The van der Waals surface area contributed by atoms with E-state index in [1.807, 2.05) is 0 Å². The molecule has 78 heavy (non-hydrogen) atoms. The highest BCUT2D eigenvalue weighted by Gasteiger charge is 2.59. The molecule has 0 unspecified atom stereocenters. The number of thiocarbonyl (C=S) groups is 1. The number of carboxylic acids is 2. The molecule has 5 aliphatic rings. The molecule has 17 N–H and O–H groups in total. The Morgan fingerprint density at radius 2 is 1.56 bits per heavy atom. The first-order chi connectivity index (χ1) is 37.1. The highest BCUT2D eigenvalue weighted by molar-refractivity contribution is 7.80. The second kappa shape index (κ2) is 26.1. The number of carbonyl (C=O) groups is 3. The van der Waals surface area contributed by atoms with E-state index in [4.69, 9.17) is 50.8 Å². The van der Waals surface area contributed by atoms with E-state index < -0.39 is 142 Å². The van der Waals surface area contributed by atoms with E-state index in [-0.39, 0.29) is 39.8 Å². The number of aromatic hydroxyl groups is 1. The van der Waals surface area contributed by atoms with E-state index in [2.05, 4.69) is 16.0 Å². The van der Waals surface area contributed by atoms with Crippen LogP contribution in [0.3, 0.4) is 0 Å². The van der Waals surface area contributed by atoms with E-state index in [0.717, 1.165) is 6.92 Å². The van der Waals surface area contributed by atoms with E-state index >= 15 is 0 Å². The number of anilines is 1. The molecule has 2 aromatic carbocycles. The summed E-state index contributed by atoms with van der Waals surface area (Å²) in [5, 5.41) is 136. The van der Waals surface area contributed by atoms with Crippen LogP contribution in [0, 0.1) is 0 Å². The van der Waals surface area contributed by atoms with Crippen molar-refractivity contribution < 1.29 is 109 Å². The van der Waals surface area contributed by atoms with Gasteiger partial charge in [0.2, 0.25) is 5.91 Å². The van der Waals surface area contributed by atoms with Gasteiger partial charge in [0.15, 0.2) is 23.1 Å². The van der Waals surface area contributed by atoms with Crippen molar-refractivity contribution in [2.75, 3.05) is 38.3 Å². The van der Waals surface area contributed by atoms with Crippen molar-refractivity contribution in [1.29, 1.82) is 0 Å². The van der Waals surface area contributed by atoms with Gasteiger partial charge in [-0.1, -0.05) is 18.9 Å². The van der Waals surface area contributed by atoms with Crippen molar-refractivity contribution in [3.63, 3.8) is 0 Å². The lowest BCUT2D eigenvalue weighted by molar-refractivity contribution is -0.382. The van der Waals surface area contributed by atoms with E-state index in [1.165, 1.54) is 30.3 Å². The Bertz CT molecular complexity index is 2770. The lowest BCUT2D eigenvalue weighted by atomic mass is 9.88. The first-order valence-electron chi connectivity index (χ1n) is 24.8. The average Bonchev–Trinajstić information content (AvgIpc) is 3.52. The highest BCUT2D eigenvalue weighted by Crippen LogP contribution is 2.43. The maximum atomic E-state index is 12.8. The van der Waals surface area contributed by atoms with Gasteiger partial charge in [-0.25, -0.2) is 9.59 Å². The minimum atomic E-state index is -3.00. The summed E-state index contributed by atoms with van der Waals surface area (Å²) in [7, 11) is 0. The monoisotopic (exact) mass is 1120 g/mol. The number of aliphatic carboxylic acids is 1. The minimum absolute atomic E-state index is 0.0430. The molecule has 428 valence electrons. The van der Waals surface area contributed by atoms with Crippen molar-refractivity contribution >= 4 is 51.8 Å². The lowest BCUT2D eigenvalue weighted by Crippen LogP contribution is -2.70. The standard InChI is InChI=1S/C50H64N4O23S/c1-21(58)53-37-40(65)42(75-47-41(66)44(39(64)33(19-56)73-47)77-50(48(69)70)17-29(61)36(51)43(76-50)38(63)30(62)18-55)34(20-57)74-46(37)71-13-5-3-2-4-12-52-49(78)54-22-6-9-25(28(14-22)45(67)68)35-26-10-7-23(59)15-31(26)72-32-16-24(60)8-11-27(32)35/h6-11,14-16,29-30,33-34,36-44,46-47,55-57,59,61-66H,2-5,12-13,17-20,51H2,1H3,(H,53,58)(H,67,68)(H,69,70)(H2,52,54,78)/t29-,30+,33+,34+,36+,37+,38+,39-,40+,41+,42+,43+,44-,46+,47-,50-/m0/s1. The number of phenols is 1.